The van der Waals surface area contributed by atoms with Crippen molar-refractivity contribution in [3.05, 3.63) is 13.8 Å². The molecular formula is C6H10OY-2. The van der Waals surface area contributed by atoms with E-state index in [0.717, 1.165) is 0 Å². The summed E-state index contributed by atoms with van der Waals surface area (Å²) in [6.07, 6.45) is 0.366. The van der Waals surface area contributed by atoms with Crippen LogP contribution >= 0.6 is 0 Å². The summed E-state index contributed by atoms with van der Waals surface area (Å²) in [5.74, 6) is 0.0394. The van der Waals surface area contributed by atoms with E-state index >= 15 is 0 Å². The Hall–Kier alpha value is 0.774. The van der Waals surface area contributed by atoms with Gasteiger partial charge in [0.1, 0.15) is 0 Å². The van der Waals surface area contributed by atoms with Crippen LogP contribution in [0.5, 0.6) is 0 Å². The van der Waals surface area contributed by atoms with Gasteiger partial charge in [-0.3, -0.25) is 0 Å². The molecule has 1 nitrogen and oxygen atoms in total. The monoisotopic (exact) mass is 187 g/mol. The Bertz CT molecular complexity index is 68.9. The van der Waals surface area contributed by atoms with Crippen LogP contribution in [0.15, 0.2) is 0 Å². The SMILES string of the molecule is [CH2-]CC(=O)C([CH2-])C.[Y]. The zero-order valence-corrected chi connectivity index (χ0v) is 8.02. The topological polar surface area (TPSA) is 17.1 Å². The van der Waals surface area contributed by atoms with Gasteiger partial charge in [0.25, 0.3) is 0 Å². The molecule has 0 aromatic rings. The molecule has 1 unspecified atom stereocenters. The number of carbonyl (C=O) groups is 1. The van der Waals surface area contributed by atoms with Gasteiger partial charge < -0.3 is 18.6 Å². The second-order valence-electron chi connectivity index (χ2n) is 1.62. The molecule has 2 heteroatoms. The summed E-state index contributed by atoms with van der Waals surface area (Å²) in [7, 11) is 0. The number of hydrogen-bond donors (Lipinski definition) is 0. The molecule has 0 saturated heterocycles. The summed E-state index contributed by atoms with van der Waals surface area (Å²) < 4.78 is 0. The molecular weight excluding hydrogens is 177 g/mol. The molecule has 1 radical (unpaired) electrons. The average Bonchev–Trinajstić information content (AvgIpc) is 1.65. The maximum atomic E-state index is 10.4. The predicted octanol–water partition coefficient (Wildman–Crippen LogP) is 1.25. The van der Waals surface area contributed by atoms with Crippen molar-refractivity contribution >= 4 is 5.78 Å². The Morgan fingerprint density at radius 1 is 1.75 bits per heavy atom. The van der Waals surface area contributed by atoms with Gasteiger partial charge in [-0.2, -0.15) is 0 Å². The third kappa shape index (κ3) is 4.92. The Kier molecular flexibility index (Phi) is 8.53. The van der Waals surface area contributed by atoms with Crippen molar-refractivity contribution in [3.63, 3.8) is 0 Å². The van der Waals surface area contributed by atoms with E-state index in [1.807, 2.05) is 0 Å². The van der Waals surface area contributed by atoms with Gasteiger partial charge in [0, 0.05) is 32.7 Å². The van der Waals surface area contributed by atoms with E-state index in [9.17, 15) is 4.79 Å². The van der Waals surface area contributed by atoms with Crippen molar-refractivity contribution in [3.8, 4) is 0 Å². The van der Waals surface area contributed by atoms with Crippen molar-refractivity contribution in [2.45, 2.75) is 13.3 Å². The van der Waals surface area contributed by atoms with Crippen LogP contribution in [-0.4, -0.2) is 5.78 Å². The number of ketones is 1. The molecule has 0 rings (SSSR count). The first-order chi connectivity index (χ1) is 3.18. The van der Waals surface area contributed by atoms with Crippen LogP contribution in [-0.2, 0) is 37.5 Å². The standard InChI is InChI=1S/C6H10O.Y/c1-4-6(7)5(2)3;/h5H,1-2,4H2,3H3;/q-2;. The molecule has 0 spiro atoms. The smallest absolute Gasteiger partial charge is 0.0759 e. The molecule has 1 atom stereocenters. The fraction of sp³-hybridized carbons (Fsp3) is 0.500. The van der Waals surface area contributed by atoms with Crippen LogP contribution < -0.4 is 0 Å². The zero-order valence-electron chi connectivity index (χ0n) is 5.18. The Morgan fingerprint density at radius 3 is 2.12 bits per heavy atom. The minimum atomic E-state index is -0.0856. The molecule has 0 saturated carbocycles. The molecule has 0 bridgehead atoms. The summed E-state index contributed by atoms with van der Waals surface area (Å²) in [6, 6.07) is 0. The molecule has 0 aliphatic rings. The summed E-state index contributed by atoms with van der Waals surface area (Å²) in [5, 5.41) is 0. The summed E-state index contributed by atoms with van der Waals surface area (Å²) in [5.41, 5.74) is 0. The fourth-order valence-corrected chi connectivity index (χ4v) is 0.246. The second-order valence-corrected chi connectivity index (χ2v) is 1.62. The van der Waals surface area contributed by atoms with E-state index in [4.69, 9.17) is 0 Å². The maximum absolute atomic E-state index is 10.4. The van der Waals surface area contributed by atoms with Crippen molar-refractivity contribution in [2.75, 3.05) is 0 Å². The van der Waals surface area contributed by atoms with Crippen LogP contribution in [0.25, 0.3) is 0 Å². The molecule has 0 N–H and O–H groups in total. The first kappa shape index (κ1) is 11.6. The number of hydrogen-bond acceptors (Lipinski definition) is 1. The van der Waals surface area contributed by atoms with Crippen molar-refractivity contribution in [2.24, 2.45) is 5.92 Å². The second kappa shape index (κ2) is 5.90. The Balaban J connectivity index is 0. The van der Waals surface area contributed by atoms with Gasteiger partial charge in [-0.15, -0.1) is 12.3 Å². The van der Waals surface area contributed by atoms with Crippen LogP contribution in [0.4, 0.5) is 0 Å². The fourth-order valence-electron chi connectivity index (χ4n) is 0.246. The summed E-state index contributed by atoms with van der Waals surface area (Å²) in [6.45, 7) is 8.71. The van der Waals surface area contributed by atoms with E-state index in [-0.39, 0.29) is 44.4 Å². The minimum absolute atomic E-state index is 0. The van der Waals surface area contributed by atoms with Crippen molar-refractivity contribution in [1.82, 2.24) is 0 Å². The normalized spacial score (nSPS) is 11.9. The van der Waals surface area contributed by atoms with Gasteiger partial charge >= 0.3 is 0 Å². The summed E-state index contributed by atoms with van der Waals surface area (Å²) in [4.78, 5) is 10.4. The summed E-state index contributed by atoms with van der Waals surface area (Å²) >= 11 is 0. The van der Waals surface area contributed by atoms with Gasteiger partial charge in [0.15, 0.2) is 0 Å². The van der Waals surface area contributed by atoms with E-state index in [2.05, 4.69) is 13.8 Å². The molecule has 8 heavy (non-hydrogen) atoms. The first-order valence-electron chi connectivity index (χ1n) is 2.33. The molecule has 0 heterocycles. The van der Waals surface area contributed by atoms with Crippen LogP contribution in [0.1, 0.15) is 13.3 Å². The largest absolute Gasteiger partial charge is 0.336 e. The molecule has 0 aromatic heterocycles. The molecule has 0 aliphatic carbocycles. The van der Waals surface area contributed by atoms with Crippen LogP contribution in [0.3, 0.4) is 0 Å². The van der Waals surface area contributed by atoms with E-state index in [1.54, 1.807) is 6.92 Å². The van der Waals surface area contributed by atoms with Crippen LogP contribution in [0.2, 0.25) is 0 Å². The Labute approximate surface area is 76.1 Å². The number of rotatable bonds is 2. The van der Waals surface area contributed by atoms with E-state index in [0.29, 0.717) is 6.42 Å². The predicted molar refractivity (Wildman–Crippen MR) is 29.5 cm³/mol. The van der Waals surface area contributed by atoms with Gasteiger partial charge in [-0.25, -0.2) is 0 Å². The molecule has 0 aromatic carbocycles. The minimum Gasteiger partial charge on any atom is -0.336 e. The molecule has 0 aliphatic heterocycles. The molecule has 45 valence electrons. The van der Waals surface area contributed by atoms with E-state index < -0.39 is 0 Å². The quantitative estimate of drug-likeness (QED) is 0.594. The third-order valence-corrected chi connectivity index (χ3v) is 0.796. The van der Waals surface area contributed by atoms with Gasteiger partial charge in [-0.05, 0) is 0 Å². The van der Waals surface area contributed by atoms with Gasteiger partial charge in [0.05, 0.1) is 5.78 Å². The van der Waals surface area contributed by atoms with Crippen molar-refractivity contribution < 1.29 is 37.5 Å². The molecule has 0 fully saturated rings. The maximum Gasteiger partial charge on any atom is 0.0759 e. The number of carbonyl (C=O) groups excluding carboxylic acids is 1. The average molecular weight is 187 g/mol. The van der Waals surface area contributed by atoms with Crippen molar-refractivity contribution in [1.29, 1.82) is 0 Å². The van der Waals surface area contributed by atoms with Gasteiger partial charge in [0.2, 0.25) is 0 Å². The molecule has 0 amide bonds. The number of Topliss-reactive ketones (excluding diaryl/α,β-unsaturated/α-hetero) is 1. The third-order valence-electron chi connectivity index (χ3n) is 0.796. The van der Waals surface area contributed by atoms with Gasteiger partial charge in [-0.1, -0.05) is 6.92 Å². The van der Waals surface area contributed by atoms with E-state index in [1.165, 1.54) is 0 Å². The zero-order chi connectivity index (χ0) is 5.86. The first-order valence-corrected chi connectivity index (χ1v) is 2.33. The van der Waals surface area contributed by atoms with Crippen LogP contribution in [0, 0.1) is 19.8 Å². The Morgan fingerprint density at radius 2 is 2.12 bits per heavy atom.